The number of hydrogen-bond acceptors (Lipinski definition) is 7. The van der Waals surface area contributed by atoms with Crippen molar-refractivity contribution in [1.29, 1.82) is 0 Å². The summed E-state index contributed by atoms with van der Waals surface area (Å²) < 4.78 is 7.97. The Hall–Kier alpha value is -3.14. The largest absolute Gasteiger partial charge is 0.371 e. The number of nitrogens with zero attached hydrogens (tertiary/aromatic N) is 7. The number of ether oxygens (including phenoxy) is 1. The molecule has 1 amide bonds. The molecular formula is C22H28N8O2. The molecule has 3 saturated heterocycles. The van der Waals surface area contributed by atoms with Gasteiger partial charge in [0.15, 0.2) is 11.6 Å². The van der Waals surface area contributed by atoms with Gasteiger partial charge < -0.3 is 19.4 Å². The van der Waals surface area contributed by atoms with E-state index in [4.69, 9.17) is 9.84 Å². The molecule has 1 N–H and O–H groups in total. The second kappa shape index (κ2) is 7.47. The molecule has 1 unspecified atom stereocenters. The fourth-order valence-corrected chi connectivity index (χ4v) is 5.30. The Morgan fingerprint density at radius 1 is 1.19 bits per heavy atom. The number of rotatable bonds is 3. The summed E-state index contributed by atoms with van der Waals surface area (Å²) in [6.07, 6.45) is 6.46. The van der Waals surface area contributed by atoms with Crippen LogP contribution in [0.5, 0.6) is 0 Å². The molecule has 6 rings (SSSR count). The van der Waals surface area contributed by atoms with E-state index in [0.29, 0.717) is 13.1 Å². The lowest BCUT2D eigenvalue weighted by Crippen LogP contribution is -2.53. The second-order valence-corrected chi connectivity index (χ2v) is 9.10. The highest BCUT2D eigenvalue weighted by molar-refractivity contribution is 5.79. The van der Waals surface area contributed by atoms with Crippen LogP contribution >= 0.6 is 0 Å². The lowest BCUT2D eigenvalue weighted by atomic mass is 10.1. The van der Waals surface area contributed by atoms with E-state index in [1.807, 2.05) is 21.7 Å². The van der Waals surface area contributed by atoms with E-state index < -0.39 is 0 Å². The van der Waals surface area contributed by atoms with Gasteiger partial charge in [0.2, 0.25) is 5.91 Å². The highest BCUT2D eigenvalue weighted by Crippen LogP contribution is 2.34. The van der Waals surface area contributed by atoms with Gasteiger partial charge in [0.1, 0.15) is 11.2 Å². The summed E-state index contributed by atoms with van der Waals surface area (Å²) in [5, 5.41) is 12.2. The van der Waals surface area contributed by atoms with Gasteiger partial charge >= 0.3 is 0 Å². The average molecular weight is 437 g/mol. The Morgan fingerprint density at radius 3 is 2.69 bits per heavy atom. The zero-order valence-electron chi connectivity index (χ0n) is 18.4. The third-order valence-corrected chi connectivity index (χ3v) is 6.95. The van der Waals surface area contributed by atoms with Gasteiger partial charge in [-0.3, -0.25) is 9.89 Å². The predicted molar refractivity (Wildman–Crippen MR) is 120 cm³/mol. The summed E-state index contributed by atoms with van der Waals surface area (Å²) in [7, 11) is 0. The van der Waals surface area contributed by atoms with Crippen molar-refractivity contribution in [2.45, 2.75) is 44.9 Å². The van der Waals surface area contributed by atoms with Gasteiger partial charge in [-0.2, -0.15) is 5.10 Å². The van der Waals surface area contributed by atoms with Crippen LogP contribution in [0, 0.1) is 0 Å². The Balaban J connectivity index is 1.44. The third-order valence-electron chi connectivity index (χ3n) is 6.95. The van der Waals surface area contributed by atoms with E-state index in [2.05, 4.69) is 38.0 Å². The summed E-state index contributed by atoms with van der Waals surface area (Å²) in [4.78, 5) is 23.2. The first kappa shape index (κ1) is 19.5. The summed E-state index contributed by atoms with van der Waals surface area (Å²) >= 11 is 0. The Labute approximate surface area is 186 Å². The van der Waals surface area contributed by atoms with E-state index >= 15 is 0 Å². The molecule has 3 atom stereocenters. The van der Waals surface area contributed by atoms with E-state index in [-0.39, 0.29) is 24.2 Å². The second-order valence-electron chi connectivity index (χ2n) is 9.10. The maximum Gasteiger partial charge on any atom is 0.219 e. The molecule has 0 radical (unpaired) electrons. The number of hydrogen-bond donors (Lipinski definition) is 1. The standard InChI is InChI=1S/C22H28N8O2/c1-14-11-27(15(2)31)7-8-29(14)19-9-21(28-12-16-3-4-17(13-28)32-16)26-30-20(19)10-23-22(30)18-5-6-24-25-18/h5-6,9-10,14,16-17H,3-4,7-8,11-13H2,1-2H3,(H,24,25)/t14?,16-,17+. The summed E-state index contributed by atoms with van der Waals surface area (Å²) in [5.74, 6) is 1.78. The molecule has 3 aliphatic rings. The van der Waals surface area contributed by atoms with Gasteiger partial charge in [-0.25, -0.2) is 9.50 Å². The number of carbonyl (C=O) groups is 1. The van der Waals surface area contributed by atoms with Crippen molar-refractivity contribution in [3.05, 3.63) is 24.5 Å². The zero-order chi connectivity index (χ0) is 21.8. The number of piperazine rings is 1. The van der Waals surface area contributed by atoms with Gasteiger partial charge in [-0.1, -0.05) is 0 Å². The highest BCUT2D eigenvalue weighted by atomic mass is 16.5. The number of aromatic nitrogens is 5. The number of nitrogens with one attached hydrogen (secondary N) is 1. The maximum absolute atomic E-state index is 11.9. The lowest BCUT2D eigenvalue weighted by molar-refractivity contribution is -0.129. The number of morpholine rings is 1. The van der Waals surface area contributed by atoms with E-state index in [0.717, 1.165) is 61.0 Å². The van der Waals surface area contributed by atoms with Crippen molar-refractivity contribution in [1.82, 2.24) is 29.7 Å². The fraction of sp³-hybridized carbons (Fsp3) is 0.545. The van der Waals surface area contributed by atoms with Crippen LogP contribution in [0.3, 0.4) is 0 Å². The predicted octanol–water partition coefficient (Wildman–Crippen LogP) is 1.54. The third kappa shape index (κ3) is 3.21. The van der Waals surface area contributed by atoms with Crippen molar-refractivity contribution in [3.8, 4) is 11.5 Å². The quantitative estimate of drug-likeness (QED) is 0.666. The smallest absolute Gasteiger partial charge is 0.219 e. The zero-order valence-corrected chi connectivity index (χ0v) is 18.4. The molecule has 3 aromatic heterocycles. The first-order valence-electron chi connectivity index (χ1n) is 11.4. The molecule has 0 aromatic carbocycles. The first-order valence-corrected chi connectivity index (χ1v) is 11.4. The summed E-state index contributed by atoms with van der Waals surface area (Å²) in [5.41, 5.74) is 2.81. The average Bonchev–Trinajstić information content (AvgIpc) is 3.52. The van der Waals surface area contributed by atoms with Crippen LogP contribution in [-0.4, -0.2) is 86.6 Å². The number of H-pyrrole nitrogens is 1. The topological polar surface area (TPSA) is 94.9 Å². The van der Waals surface area contributed by atoms with Crippen LogP contribution in [0.15, 0.2) is 24.5 Å². The number of amides is 1. The van der Waals surface area contributed by atoms with E-state index in [1.54, 1.807) is 13.1 Å². The van der Waals surface area contributed by atoms with Crippen LogP contribution < -0.4 is 9.80 Å². The Kier molecular flexibility index (Phi) is 4.56. The molecule has 32 heavy (non-hydrogen) atoms. The normalized spacial score (nSPS) is 25.7. The minimum atomic E-state index is 0.131. The van der Waals surface area contributed by atoms with Crippen LogP contribution in [0.2, 0.25) is 0 Å². The van der Waals surface area contributed by atoms with E-state index in [1.165, 1.54) is 0 Å². The van der Waals surface area contributed by atoms with Crippen molar-refractivity contribution < 1.29 is 9.53 Å². The molecule has 3 aromatic rings. The minimum absolute atomic E-state index is 0.131. The highest BCUT2D eigenvalue weighted by Gasteiger charge is 2.35. The van der Waals surface area contributed by atoms with E-state index in [9.17, 15) is 4.79 Å². The molecule has 0 saturated carbocycles. The van der Waals surface area contributed by atoms with Gasteiger partial charge in [0.25, 0.3) is 0 Å². The van der Waals surface area contributed by atoms with Gasteiger partial charge in [-0.15, -0.1) is 5.10 Å². The molecule has 10 nitrogen and oxygen atoms in total. The van der Waals surface area contributed by atoms with Crippen LogP contribution in [0.1, 0.15) is 26.7 Å². The Bertz CT molecular complexity index is 1130. The van der Waals surface area contributed by atoms with Crippen molar-refractivity contribution >= 4 is 22.9 Å². The van der Waals surface area contributed by atoms with Crippen LogP contribution in [-0.2, 0) is 9.53 Å². The van der Waals surface area contributed by atoms with Gasteiger partial charge in [0, 0.05) is 58.0 Å². The number of aromatic amines is 1. The van der Waals surface area contributed by atoms with Crippen LogP contribution in [0.25, 0.3) is 17.0 Å². The first-order chi connectivity index (χ1) is 15.6. The van der Waals surface area contributed by atoms with Crippen LogP contribution in [0.4, 0.5) is 11.5 Å². The SMILES string of the molecule is CC(=O)N1CCN(c2cc(N3C[C@H]4CC[C@@H](C3)O4)nn3c(-c4cc[nH]n4)ncc23)C(C)C1. The minimum Gasteiger partial charge on any atom is -0.371 e. The Morgan fingerprint density at radius 2 is 2.00 bits per heavy atom. The van der Waals surface area contributed by atoms with Gasteiger partial charge in [-0.05, 0) is 25.8 Å². The lowest BCUT2D eigenvalue weighted by Gasteiger charge is -2.41. The number of imidazole rings is 1. The summed E-state index contributed by atoms with van der Waals surface area (Å²) in [6.45, 7) is 7.73. The summed E-state index contributed by atoms with van der Waals surface area (Å²) in [6, 6.07) is 4.29. The van der Waals surface area contributed by atoms with Crippen molar-refractivity contribution in [2.24, 2.45) is 0 Å². The number of fused-ring (bicyclic) bond motifs is 3. The van der Waals surface area contributed by atoms with Crippen molar-refractivity contribution in [2.75, 3.05) is 42.5 Å². The molecule has 3 fully saturated rings. The maximum atomic E-state index is 11.9. The monoisotopic (exact) mass is 436 g/mol. The fourth-order valence-electron chi connectivity index (χ4n) is 5.30. The molecular weight excluding hydrogens is 408 g/mol. The number of anilines is 2. The van der Waals surface area contributed by atoms with Crippen molar-refractivity contribution in [3.63, 3.8) is 0 Å². The molecule has 0 aliphatic carbocycles. The molecule has 3 aliphatic heterocycles. The molecule has 168 valence electrons. The van der Waals surface area contributed by atoms with Gasteiger partial charge in [0.05, 0.1) is 24.1 Å². The molecule has 0 spiro atoms. The number of carbonyl (C=O) groups excluding carboxylic acids is 1. The molecule has 2 bridgehead atoms. The molecule has 10 heteroatoms. The molecule has 6 heterocycles.